The number of anilines is 2. The minimum atomic E-state index is -1.27. The Morgan fingerprint density at radius 1 is 1.07 bits per heavy atom. The van der Waals surface area contributed by atoms with Gasteiger partial charge >= 0.3 is 0 Å². The molecule has 1 spiro atoms. The second-order valence-corrected chi connectivity index (χ2v) is 13.3. The van der Waals surface area contributed by atoms with Crippen LogP contribution in [0.1, 0.15) is 52.0 Å². The number of fused-ring (bicyclic) bond motifs is 1. The normalized spacial score (nSPS) is 27.7. The lowest BCUT2D eigenvalue weighted by Crippen LogP contribution is -2.60. The molecule has 2 aromatic rings. The van der Waals surface area contributed by atoms with E-state index in [-0.39, 0.29) is 43.3 Å². The topological polar surface area (TPSA) is 90.4 Å². The van der Waals surface area contributed by atoms with Gasteiger partial charge < -0.3 is 24.5 Å². The molecule has 246 valence electrons. The summed E-state index contributed by atoms with van der Waals surface area (Å²) in [4.78, 5) is 49.7. The number of rotatable bonds is 13. The lowest BCUT2D eigenvalue weighted by molar-refractivity contribution is -0.150. The number of nitrogens with zero attached hydrogens (tertiary/aromatic N) is 3. The zero-order chi connectivity index (χ0) is 33.4. The summed E-state index contributed by atoms with van der Waals surface area (Å²) in [5.74, 6) is -2.77. The summed E-state index contributed by atoms with van der Waals surface area (Å²) < 4.78 is 7.06. The Balaban J connectivity index is 1.70. The highest BCUT2D eigenvalue weighted by atomic mass is 35.5. The van der Waals surface area contributed by atoms with Crippen LogP contribution >= 0.6 is 11.6 Å². The highest BCUT2D eigenvalue weighted by Gasteiger charge is 2.79. The number of hydrogen-bond acceptors (Lipinski definition) is 5. The first-order valence-electron chi connectivity index (χ1n) is 16.3. The van der Waals surface area contributed by atoms with E-state index < -0.39 is 35.1 Å². The minimum absolute atomic E-state index is 0.123. The molecule has 5 rings (SSSR count). The Morgan fingerprint density at radius 3 is 2.33 bits per heavy atom. The first kappa shape index (κ1) is 33.9. The molecule has 0 aromatic heterocycles. The van der Waals surface area contributed by atoms with Gasteiger partial charge in [0.2, 0.25) is 11.8 Å². The molecule has 0 radical (unpaired) electrons. The Bertz CT molecular complexity index is 1480. The number of ether oxygens (including phenoxy) is 1. The Hall–Kier alpha value is -3.46. The third-order valence-corrected chi connectivity index (χ3v) is 11.0. The van der Waals surface area contributed by atoms with E-state index in [1.54, 1.807) is 32.9 Å². The molecule has 0 saturated carbocycles. The molecule has 0 aliphatic carbocycles. The molecule has 3 heterocycles. The van der Waals surface area contributed by atoms with Crippen molar-refractivity contribution in [2.45, 2.75) is 76.7 Å². The number of aliphatic hydroxyl groups excluding tert-OH is 1. The minimum Gasteiger partial charge on any atom is -0.394 e. The fraction of sp³-hybridized carbons (Fsp3) is 0.486. The van der Waals surface area contributed by atoms with Gasteiger partial charge in [0.1, 0.15) is 11.6 Å². The predicted octanol–water partition coefficient (Wildman–Crippen LogP) is 5.95. The molecule has 9 heteroatoms. The summed E-state index contributed by atoms with van der Waals surface area (Å²) in [6, 6.07) is 13.1. The van der Waals surface area contributed by atoms with Crippen molar-refractivity contribution in [2.75, 3.05) is 29.5 Å². The number of halogens is 1. The predicted molar refractivity (Wildman–Crippen MR) is 182 cm³/mol. The van der Waals surface area contributed by atoms with Gasteiger partial charge in [0.25, 0.3) is 5.91 Å². The number of carbonyl (C=O) groups excluding carboxylic acids is 3. The maximum Gasteiger partial charge on any atom is 0.253 e. The van der Waals surface area contributed by atoms with Gasteiger partial charge in [-0.15, -0.1) is 13.2 Å². The number of aliphatic hydroxyl groups is 1. The fourth-order valence-corrected chi connectivity index (χ4v) is 8.57. The van der Waals surface area contributed by atoms with Crippen LogP contribution in [0.15, 0.2) is 73.8 Å². The standard InChI is InChI=1S/C37H46ClN3O5/c1-7-21-39(26-16-12-11-13-17-26)33(43)29-30-34(44)41(28(23-42)24(5)9-3)32(37(30)20-19-36(29,10-4)46-37)35(45)40(22-8-2)31-25(6)15-14-18-27(31)38/h7-8,11-18,24,28-30,32,42H,1-2,9-10,19-23H2,3-6H3/t24-,28-,29-,30-,32?,36+,37?/m0/s1. The van der Waals surface area contributed by atoms with Crippen molar-refractivity contribution < 1.29 is 24.2 Å². The third-order valence-electron chi connectivity index (χ3n) is 10.6. The number of likely N-dealkylation sites (tertiary alicyclic amines) is 1. The average molecular weight is 648 g/mol. The SMILES string of the molecule is C=CCN(C(=O)[C@@H]1[C@H]2C(=O)N([C@@H](CO)[C@@H](C)CC)C(C(=O)N(CC=C)c3c(C)cccc3Cl)C23CC[C@@]1(CC)O3)c1ccccc1. The maximum absolute atomic E-state index is 15.1. The molecule has 3 amide bonds. The smallest absolute Gasteiger partial charge is 0.253 e. The monoisotopic (exact) mass is 647 g/mol. The van der Waals surface area contributed by atoms with Gasteiger partial charge in [0.05, 0.1) is 40.8 Å². The number of hydrogen-bond donors (Lipinski definition) is 1. The van der Waals surface area contributed by atoms with Crippen molar-refractivity contribution in [2.24, 2.45) is 17.8 Å². The number of para-hydroxylation sites is 2. The molecular weight excluding hydrogens is 602 g/mol. The van der Waals surface area contributed by atoms with E-state index in [0.29, 0.717) is 42.1 Å². The molecule has 8 nitrogen and oxygen atoms in total. The van der Waals surface area contributed by atoms with E-state index in [4.69, 9.17) is 16.3 Å². The summed E-state index contributed by atoms with van der Waals surface area (Å²) >= 11 is 6.72. The van der Waals surface area contributed by atoms with Gasteiger partial charge in [-0.25, -0.2) is 0 Å². The number of aryl methyl sites for hydroxylation is 1. The van der Waals surface area contributed by atoms with Crippen molar-refractivity contribution in [1.82, 2.24) is 4.90 Å². The zero-order valence-electron chi connectivity index (χ0n) is 27.3. The van der Waals surface area contributed by atoms with Crippen molar-refractivity contribution in [3.05, 3.63) is 84.4 Å². The van der Waals surface area contributed by atoms with E-state index in [0.717, 1.165) is 5.56 Å². The fourth-order valence-electron chi connectivity index (χ4n) is 8.24. The maximum atomic E-state index is 15.1. The molecule has 2 unspecified atom stereocenters. The molecule has 1 N–H and O–H groups in total. The van der Waals surface area contributed by atoms with Crippen LogP contribution in [0.4, 0.5) is 11.4 Å². The second-order valence-electron chi connectivity index (χ2n) is 12.9. The first-order chi connectivity index (χ1) is 22.1. The summed E-state index contributed by atoms with van der Waals surface area (Å²) in [7, 11) is 0. The van der Waals surface area contributed by atoms with Gasteiger partial charge in [-0.2, -0.15) is 0 Å². The van der Waals surface area contributed by atoms with Crippen molar-refractivity contribution in [3.8, 4) is 0 Å². The summed E-state index contributed by atoms with van der Waals surface area (Å²) in [5.41, 5.74) is -0.158. The van der Waals surface area contributed by atoms with Crippen molar-refractivity contribution in [3.63, 3.8) is 0 Å². The third kappa shape index (κ3) is 5.19. The number of amides is 3. The molecular formula is C37H46ClN3O5. The lowest BCUT2D eigenvalue weighted by Gasteiger charge is -2.41. The van der Waals surface area contributed by atoms with Crippen LogP contribution in [0.5, 0.6) is 0 Å². The highest BCUT2D eigenvalue weighted by Crippen LogP contribution is 2.65. The van der Waals surface area contributed by atoms with E-state index in [2.05, 4.69) is 13.2 Å². The molecule has 3 aliphatic heterocycles. The molecule has 2 bridgehead atoms. The summed E-state index contributed by atoms with van der Waals surface area (Å²) in [6.45, 7) is 15.7. The van der Waals surface area contributed by atoms with Gasteiger partial charge in [-0.1, -0.05) is 81.3 Å². The van der Waals surface area contributed by atoms with Crippen LogP contribution in [-0.4, -0.2) is 70.7 Å². The molecule has 7 atom stereocenters. The Labute approximate surface area is 277 Å². The van der Waals surface area contributed by atoms with Gasteiger partial charge in [0, 0.05) is 18.8 Å². The molecule has 2 aromatic carbocycles. The van der Waals surface area contributed by atoms with Crippen molar-refractivity contribution in [1.29, 1.82) is 0 Å². The molecule has 3 saturated heterocycles. The van der Waals surface area contributed by atoms with E-state index in [1.807, 2.05) is 70.2 Å². The van der Waals surface area contributed by atoms with Crippen molar-refractivity contribution >= 4 is 40.7 Å². The second kappa shape index (κ2) is 13.3. The number of carbonyl (C=O) groups is 3. The average Bonchev–Trinajstić information content (AvgIpc) is 3.67. The quantitative estimate of drug-likeness (QED) is 0.272. The van der Waals surface area contributed by atoms with Crippen LogP contribution in [0, 0.1) is 24.7 Å². The van der Waals surface area contributed by atoms with E-state index in [1.165, 1.54) is 0 Å². The van der Waals surface area contributed by atoms with Gasteiger partial charge in [-0.3, -0.25) is 14.4 Å². The van der Waals surface area contributed by atoms with Crippen LogP contribution in [0.3, 0.4) is 0 Å². The Morgan fingerprint density at radius 2 is 1.74 bits per heavy atom. The summed E-state index contributed by atoms with van der Waals surface area (Å²) in [5, 5.41) is 11.2. The molecule has 3 fully saturated rings. The molecule has 3 aliphatic rings. The first-order valence-corrected chi connectivity index (χ1v) is 16.7. The highest BCUT2D eigenvalue weighted by molar-refractivity contribution is 6.34. The van der Waals surface area contributed by atoms with Crippen LogP contribution in [-0.2, 0) is 19.1 Å². The zero-order valence-corrected chi connectivity index (χ0v) is 28.1. The number of benzene rings is 2. The Kier molecular flexibility index (Phi) is 9.83. The molecule has 46 heavy (non-hydrogen) atoms. The van der Waals surface area contributed by atoms with E-state index in [9.17, 15) is 14.7 Å². The van der Waals surface area contributed by atoms with Crippen LogP contribution < -0.4 is 9.80 Å². The van der Waals surface area contributed by atoms with Gasteiger partial charge in [-0.05, 0) is 55.9 Å². The van der Waals surface area contributed by atoms with Gasteiger partial charge in [0.15, 0.2) is 0 Å². The van der Waals surface area contributed by atoms with Crippen LogP contribution in [0.25, 0.3) is 0 Å². The largest absolute Gasteiger partial charge is 0.394 e. The van der Waals surface area contributed by atoms with E-state index >= 15 is 4.79 Å². The van der Waals surface area contributed by atoms with Crippen LogP contribution in [0.2, 0.25) is 5.02 Å². The summed E-state index contributed by atoms with van der Waals surface area (Å²) in [6.07, 6.45) is 5.44. The lowest BCUT2D eigenvalue weighted by atomic mass is 9.64.